The molecule has 196 valence electrons. The molecule has 3 aromatic rings. The fourth-order valence-electron chi connectivity index (χ4n) is 5.58. The SMILES string of the molecule is C[C@H]1COCCN1C1CC(C(=O)Nc2nc3ccc(-c4cnc(CO[C@H]5CCC[C@@H]5O)nc4)cc3s2)C1. The van der Waals surface area contributed by atoms with E-state index in [0.29, 0.717) is 29.6 Å². The molecule has 0 spiro atoms. The molecule has 1 aliphatic heterocycles. The lowest BCUT2D eigenvalue weighted by molar-refractivity contribution is -0.126. The fourth-order valence-corrected chi connectivity index (χ4v) is 6.49. The average molecular weight is 524 g/mol. The van der Waals surface area contributed by atoms with Gasteiger partial charge in [0.15, 0.2) is 11.0 Å². The van der Waals surface area contributed by atoms with E-state index >= 15 is 0 Å². The minimum atomic E-state index is -0.385. The number of aliphatic hydroxyl groups is 1. The number of nitrogens with one attached hydrogen (secondary N) is 1. The van der Waals surface area contributed by atoms with Crippen LogP contribution < -0.4 is 5.32 Å². The molecule has 1 aromatic carbocycles. The van der Waals surface area contributed by atoms with Crippen LogP contribution in [0.1, 0.15) is 44.9 Å². The van der Waals surface area contributed by atoms with Crippen molar-refractivity contribution in [3.8, 4) is 11.1 Å². The summed E-state index contributed by atoms with van der Waals surface area (Å²) in [5, 5.41) is 13.6. The van der Waals surface area contributed by atoms with Gasteiger partial charge in [0, 0.05) is 42.5 Å². The first-order chi connectivity index (χ1) is 18.0. The highest BCUT2D eigenvalue weighted by molar-refractivity contribution is 7.22. The molecule has 0 bridgehead atoms. The lowest BCUT2D eigenvalue weighted by atomic mass is 9.78. The van der Waals surface area contributed by atoms with Crippen molar-refractivity contribution in [3.05, 3.63) is 36.4 Å². The van der Waals surface area contributed by atoms with Gasteiger partial charge in [0.05, 0.1) is 35.6 Å². The number of rotatable bonds is 7. The Bertz CT molecular complexity index is 1250. The zero-order chi connectivity index (χ0) is 25.4. The van der Waals surface area contributed by atoms with Gasteiger partial charge in [-0.25, -0.2) is 15.0 Å². The molecule has 1 amide bonds. The van der Waals surface area contributed by atoms with Crippen molar-refractivity contribution in [2.75, 3.05) is 25.1 Å². The number of aromatic nitrogens is 3. The minimum Gasteiger partial charge on any atom is -0.390 e. The smallest absolute Gasteiger partial charge is 0.229 e. The molecule has 0 unspecified atom stereocenters. The van der Waals surface area contributed by atoms with Gasteiger partial charge in [0.25, 0.3) is 0 Å². The summed E-state index contributed by atoms with van der Waals surface area (Å²) in [5.41, 5.74) is 2.76. The third-order valence-electron chi connectivity index (χ3n) is 7.87. The van der Waals surface area contributed by atoms with Crippen molar-refractivity contribution in [1.29, 1.82) is 0 Å². The Labute approximate surface area is 220 Å². The van der Waals surface area contributed by atoms with Crippen molar-refractivity contribution in [1.82, 2.24) is 19.9 Å². The molecule has 3 aliphatic rings. The molecule has 2 saturated carbocycles. The van der Waals surface area contributed by atoms with Crippen molar-refractivity contribution in [2.45, 2.75) is 69.9 Å². The molecule has 0 radical (unpaired) electrons. The van der Waals surface area contributed by atoms with Crippen LogP contribution in [0.2, 0.25) is 0 Å². The highest BCUT2D eigenvalue weighted by Gasteiger charge is 2.40. The summed E-state index contributed by atoms with van der Waals surface area (Å²) in [5.74, 6) is 0.708. The van der Waals surface area contributed by atoms with E-state index in [2.05, 4.69) is 38.2 Å². The Morgan fingerprint density at radius 2 is 2.08 bits per heavy atom. The number of thiazole rings is 1. The van der Waals surface area contributed by atoms with E-state index in [1.165, 1.54) is 11.3 Å². The van der Waals surface area contributed by atoms with Gasteiger partial charge in [-0.2, -0.15) is 0 Å². The number of aliphatic hydroxyl groups excluding tert-OH is 1. The Balaban J connectivity index is 1.05. The van der Waals surface area contributed by atoms with Crippen LogP contribution in [0.4, 0.5) is 5.13 Å². The van der Waals surface area contributed by atoms with Crippen LogP contribution in [-0.2, 0) is 20.9 Å². The number of hydrogen-bond acceptors (Lipinski definition) is 9. The third kappa shape index (κ3) is 5.39. The number of anilines is 1. The van der Waals surface area contributed by atoms with Crippen molar-refractivity contribution >= 4 is 32.6 Å². The van der Waals surface area contributed by atoms with Gasteiger partial charge in [-0.15, -0.1) is 0 Å². The maximum atomic E-state index is 12.8. The largest absolute Gasteiger partial charge is 0.390 e. The van der Waals surface area contributed by atoms with Gasteiger partial charge in [-0.1, -0.05) is 17.4 Å². The van der Waals surface area contributed by atoms with Gasteiger partial charge < -0.3 is 19.9 Å². The van der Waals surface area contributed by atoms with Crippen LogP contribution in [0.25, 0.3) is 21.3 Å². The summed E-state index contributed by atoms with van der Waals surface area (Å²) in [7, 11) is 0. The Morgan fingerprint density at radius 3 is 2.84 bits per heavy atom. The second-order valence-corrected chi connectivity index (χ2v) is 11.4. The van der Waals surface area contributed by atoms with Gasteiger partial charge in [-0.05, 0) is 56.7 Å². The summed E-state index contributed by atoms with van der Waals surface area (Å²) < 4.78 is 12.3. The summed E-state index contributed by atoms with van der Waals surface area (Å²) in [6.45, 7) is 5.00. The monoisotopic (exact) mass is 523 g/mol. The number of morpholine rings is 1. The molecule has 6 rings (SSSR count). The van der Waals surface area contributed by atoms with E-state index in [-0.39, 0.29) is 24.0 Å². The van der Waals surface area contributed by atoms with Crippen LogP contribution in [0.5, 0.6) is 0 Å². The first-order valence-electron chi connectivity index (χ1n) is 13.2. The van der Waals surface area contributed by atoms with E-state index in [4.69, 9.17) is 9.47 Å². The maximum absolute atomic E-state index is 12.8. The van der Waals surface area contributed by atoms with Crippen LogP contribution in [-0.4, -0.2) is 74.9 Å². The zero-order valence-electron chi connectivity index (χ0n) is 21.0. The number of amides is 1. The minimum absolute atomic E-state index is 0.0409. The molecule has 2 N–H and O–H groups in total. The van der Waals surface area contributed by atoms with E-state index in [1.54, 1.807) is 12.4 Å². The first-order valence-corrected chi connectivity index (χ1v) is 14.0. The molecular formula is C27H33N5O4S. The number of carbonyl (C=O) groups excluding carboxylic acids is 1. The standard InChI is InChI=1S/C27H33N5O4S/c1-16-14-35-8-7-32(16)20-9-18(10-20)26(34)31-27-30-21-6-5-17(11-24(21)37-27)19-12-28-25(29-13-19)15-36-23-4-2-3-22(23)33/h5-6,11-13,16,18,20,22-23,33H,2-4,7-10,14-15H2,1H3,(H,30,31,34)/t16-,18?,20?,22-,23-/m0/s1. The van der Waals surface area contributed by atoms with E-state index < -0.39 is 0 Å². The molecule has 37 heavy (non-hydrogen) atoms. The Morgan fingerprint density at radius 1 is 1.24 bits per heavy atom. The van der Waals surface area contributed by atoms with Gasteiger partial charge in [0.1, 0.15) is 6.61 Å². The number of benzene rings is 1. The van der Waals surface area contributed by atoms with Crippen molar-refractivity contribution in [2.24, 2.45) is 5.92 Å². The molecule has 2 aliphatic carbocycles. The normalized spacial score (nSPS) is 28.3. The Hall–Kier alpha value is -2.50. The van der Waals surface area contributed by atoms with E-state index in [9.17, 15) is 9.90 Å². The lowest BCUT2D eigenvalue weighted by Crippen LogP contribution is -2.55. The molecule has 3 atom stereocenters. The number of hydrogen-bond donors (Lipinski definition) is 2. The number of carbonyl (C=O) groups is 1. The molecular weight excluding hydrogens is 490 g/mol. The molecule has 9 nitrogen and oxygen atoms in total. The quantitative estimate of drug-likeness (QED) is 0.483. The van der Waals surface area contributed by atoms with E-state index in [1.807, 2.05) is 12.1 Å². The number of nitrogens with zero attached hydrogens (tertiary/aromatic N) is 4. The van der Waals surface area contributed by atoms with Gasteiger partial charge in [-0.3, -0.25) is 9.69 Å². The highest BCUT2D eigenvalue weighted by Crippen LogP contribution is 2.36. The zero-order valence-corrected chi connectivity index (χ0v) is 21.8. The van der Waals surface area contributed by atoms with Gasteiger partial charge in [0.2, 0.25) is 5.91 Å². The second kappa shape index (κ2) is 10.7. The van der Waals surface area contributed by atoms with Crippen LogP contribution in [0, 0.1) is 5.92 Å². The number of fused-ring (bicyclic) bond motifs is 1. The highest BCUT2D eigenvalue weighted by atomic mass is 32.1. The molecule has 1 saturated heterocycles. The average Bonchev–Trinajstić information content (AvgIpc) is 3.47. The summed E-state index contributed by atoms with van der Waals surface area (Å²) in [6.07, 6.45) is 7.55. The Kier molecular flexibility index (Phi) is 7.18. The summed E-state index contributed by atoms with van der Waals surface area (Å²) in [6, 6.07) is 6.92. The van der Waals surface area contributed by atoms with Crippen LogP contribution in [0.3, 0.4) is 0 Å². The first kappa shape index (κ1) is 24.8. The van der Waals surface area contributed by atoms with Gasteiger partial charge >= 0.3 is 0 Å². The molecule has 3 fully saturated rings. The molecule has 3 heterocycles. The predicted molar refractivity (Wildman–Crippen MR) is 141 cm³/mol. The molecule has 2 aromatic heterocycles. The summed E-state index contributed by atoms with van der Waals surface area (Å²) >= 11 is 1.49. The number of ether oxygens (including phenoxy) is 2. The fraction of sp³-hybridized carbons (Fsp3) is 0.556. The predicted octanol–water partition coefficient (Wildman–Crippen LogP) is 3.62. The van der Waals surface area contributed by atoms with E-state index in [0.717, 1.165) is 73.2 Å². The van der Waals surface area contributed by atoms with Crippen molar-refractivity contribution < 1.29 is 19.4 Å². The topological polar surface area (TPSA) is 110 Å². The molecule has 10 heteroatoms. The second-order valence-electron chi connectivity index (χ2n) is 10.4. The van der Waals surface area contributed by atoms with Crippen molar-refractivity contribution in [3.63, 3.8) is 0 Å². The third-order valence-corrected chi connectivity index (χ3v) is 8.81. The lowest BCUT2D eigenvalue weighted by Gasteiger charge is -2.46. The summed E-state index contributed by atoms with van der Waals surface area (Å²) in [4.78, 5) is 28.8. The van der Waals surface area contributed by atoms with Crippen LogP contribution in [0.15, 0.2) is 30.6 Å². The maximum Gasteiger partial charge on any atom is 0.229 e. The van der Waals surface area contributed by atoms with Crippen LogP contribution >= 0.6 is 11.3 Å².